The lowest BCUT2D eigenvalue weighted by molar-refractivity contribution is -0.142. The average Bonchev–Trinajstić information content (AvgIpc) is 2.44. The fraction of sp³-hybridized carbons (Fsp3) is 0.632. The second kappa shape index (κ2) is 8.94. The van der Waals surface area contributed by atoms with Crippen LogP contribution in [0.4, 0.5) is 0 Å². The van der Waals surface area contributed by atoms with Gasteiger partial charge in [0.15, 0.2) is 0 Å². The molecular weight excluding hydrogens is 274 g/mol. The molecule has 0 spiro atoms. The molecule has 0 aliphatic rings. The summed E-state index contributed by atoms with van der Waals surface area (Å²) in [4.78, 5) is 14.4. The minimum atomic E-state index is -0.477. The van der Waals surface area contributed by atoms with Gasteiger partial charge in [-0.25, -0.2) is 0 Å². The van der Waals surface area contributed by atoms with Crippen LogP contribution in [-0.4, -0.2) is 30.5 Å². The number of nitrogens with zero attached hydrogens (tertiary/aromatic N) is 1. The molecular formula is C19H31NO2. The van der Waals surface area contributed by atoms with Crippen molar-refractivity contribution in [3.05, 3.63) is 29.8 Å². The Bertz CT molecular complexity index is 457. The standard InChI is InChI=1S/C19H31NO2/c1-6-12-20(13-7-2)14-11-16-9-8-10-17(15-16)22-18(21)19(3,4)5/h8-10,15H,6-7,11-14H2,1-5H3. The molecule has 1 rings (SSSR count). The molecule has 0 aliphatic carbocycles. The minimum Gasteiger partial charge on any atom is -0.426 e. The topological polar surface area (TPSA) is 29.5 Å². The van der Waals surface area contributed by atoms with Crippen LogP contribution in [-0.2, 0) is 11.2 Å². The van der Waals surface area contributed by atoms with Crippen LogP contribution >= 0.6 is 0 Å². The highest BCUT2D eigenvalue weighted by molar-refractivity contribution is 5.77. The van der Waals surface area contributed by atoms with Gasteiger partial charge in [0.25, 0.3) is 0 Å². The third-order valence-electron chi connectivity index (χ3n) is 3.52. The lowest BCUT2D eigenvalue weighted by Crippen LogP contribution is -2.28. The number of hydrogen-bond acceptors (Lipinski definition) is 3. The summed E-state index contributed by atoms with van der Waals surface area (Å²) in [7, 11) is 0. The third kappa shape index (κ3) is 6.61. The van der Waals surface area contributed by atoms with Crippen LogP contribution in [0.25, 0.3) is 0 Å². The molecule has 0 radical (unpaired) electrons. The number of rotatable bonds is 8. The zero-order valence-corrected chi connectivity index (χ0v) is 14.8. The average molecular weight is 305 g/mol. The maximum atomic E-state index is 12.0. The van der Waals surface area contributed by atoms with Crippen LogP contribution in [0.2, 0.25) is 0 Å². The molecule has 0 aromatic heterocycles. The van der Waals surface area contributed by atoms with E-state index >= 15 is 0 Å². The molecule has 124 valence electrons. The maximum absolute atomic E-state index is 12.0. The molecule has 0 saturated heterocycles. The fourth-order valence-corrected chi connectivity index (χ4v) is 2.28. The van der Waals surface area contributed by atoms with Crippen molar-refractivity contribution < 1.29 is 9.53 Å². The SMILES string of the molecule is CCCN(CCC)CCc1cccc(OC(=O)C(C)(C)C)c1. The molecule has 0 N–H and O–H groups in total. The van der Waals surface area contributed by atoms with E-state index in [0.29, 0.717) is 5.75 Å². The van der Waals surface area contributed by atoms with Crippen molar-refractivity contribution in [1.82, 2.24) is 4.90 Å². The van der Waals surface area contributed by atoms with Crippen LogP contribution in [0.3, 0.4) is 0 Å². The lowest BCUT2D eigenvalue weighted by atomic mass is 9.97. The van der Waals surface area contributed by atoms with Crippen LogP contribution in [0, 0.1) is 5.41 Å². The zero-order chi connectivity index (χ0) is 16.6. The van der Waals surface area contributed by atoms with Gasteiger partial charge in [0.1, 0.15) is 5.75 Å². The first-order valence-electron chi connectivity index (χ1n) is 8.40. The first-order valence-corrected chi connectivity index (χ1v) is 8.40. The Morgan fingerprint density at radius 3 is 2.27 bits per heavy atom. The summed E-state index contributed by atoms with van der Waals surface area (Å²) >= 11 is 0. The van der Waals surface area contributed by atoms with Gasteiger partial charge >= 0.3 is 5.97 Å². The second-order valence-corrected chi connectivity index (χ2v) is 6.88. The van der Waals surface area contributed by atoms with Crippen molar-refractivity contribution in [2.24, 2.45) is 5.41 Å². The monoisotopic (exact) mass is 305 g/mol. The lowest BCUT2D eigenvalue weighted by Gasteiger charge is -2.21. The molecule has 0 fully saturated rings. The predicted octanol–water partition coefficient (Wildman–Crippen LogP) is 4.30. The Labute approximate surface area is 135 Å². The molecule has 3 heteroatoms. The Balaban J connectivity index is 2.62. The molecule has 0 atom stereocenters. The molecule has 1 aromatic carbocycles. The van der Waals surface area contributed by atoms with Gasteiger partial charge in [0.05, 0.1) is 5.41 Å². The van der Waals surface area contributed by atoms with Crippen molar-refractivity contribution >= 4 is 5.97 Å². The van der Waals surface area contributed by atoms with Crippen LogP contribution < -0.4 is 4.74 Å². The molecule has 0 amide bonds. The molecule has 0 saturated carbocycles. The zero-order valence-electron chi connectivity index (χ0n) is 14.8. The largest absolute Gasteiger partial charge is 0.426 e. The van der Waals surface area contributed by atoms with E-state index in [0.717, 1.165) is 26.1 Å². The van der Waals surface area contributed by atoms with Crippen molar-refractivity contribution in [2.75, 3.05) is 19.6 Å². The van der Waals surface area contributed by atoms with Gasteiger partial charge in [-0.05, 0) is 70.8 Å². The molecule has 3 nitrogen and oxygen atoms in total. The number of carbonyl (C=O) groups excluding carboxylic acids is 1. The Morgan fingerprint density at radius 2 is 1.73 bits per heavy atom. The number of carbonyl (C=O) groups is 1. The van der Waals surface area contributed by atoms with Crippen LogP contribution in [0.1, 0.15) is 53.0 Å². The van der Waals surface area contributed by atoms with Gasteiger partial charge in [-0.15, -0.1) is 0 Å². The number of esters is 1. The highest BCUT2D eigenvalue weighted by Crippen LogP contribution is 2.20. The summed E-state index contributed by atoms with van der Waals surface area (Å²) in [6, 6.07) is 7.90. The summed E-state index contributed by atoms with van der Waals surface area (Å²) in [5.41, 5.74) is 0.742. The van der Waals surface area contributed by atoms with Crippen molar-refractivity contribution in [3.63, 3.8) is 0 Å². The van der Waals surface area contributed by atoms with Gasteiger partial charge in [-0.3, -0.25) is 4.79 Å². The molecule has 22 heavy (non-hydrogen) atoms. The number of hydrogen-bond donors (Lipinski definition) is 0. The van der Waals surface area contributed by atoms with Crippen molar-refractivity contribution in [2.45, 2.75) is 53.9 Å². The number of ether oxygens (including phenoxy) is 1. The smallest absolute Gasteiger partial charge is 0.316 e. The van der Waals surface area contributed by atoms with E-state index in [-0.39, 0.29) is 5.97 Å². The summed E-state index contributed by atoms with van der Waals surface area (Å²) in [5, 5.41) is 0. The van der Waals surface area contributed by atoms with Crippen LogP contribution in [0.15, 0.2) is 24.3 Å². The summed E-state index contributed by atoms with van der Waals surface area (Å²) in [5.74, 6) is 0.457. The fourth-order valence-electron chi connectivity index (χ4n) is 2.28. The number of benzene rings is 1. The maximum Gasteiger partial charge on any atom is 0.316 e. The van der Waals surface area contributed by atoms with E-state index in [1.165, 1.54) is 18.4 Å². The molecule has 0 bridgehead atoms. The molecule has 1 aromatic rings. The van der Waals surface area contributed by atoms with E-state index in [2.05, 4.69) is 24.8 Å². The van der Waals surface area contributed by atoms with Crippen molar-refractivity contribution in [3.8, 4) is 5.75 Å². The molecule has 0 aliphatic heterocycles. The molecule has 0 unspecified atom stereocenters. The Morgan fingerprint density at radius 1 is 1.09 bits per heavy atom. The van der Waals surface area contributed by atoms with Gasteiger partial charge in [0.2, 0.25) is 0 Å². The quantitative estimate of drug-likeness (QED) is 0.529. The summed E-state index contributed by atoms with van der Waals surface area (Å²) < 4.78 is 5.47. The van der Waals surface area contributed by atoms with Gasteiger partial charge in [-0.2, -0.15) is 0 Å². The third-order valence-corrected chi connectivity index (χ3v) is 3.52. The summed E-state index contributed by atoms with van der Waals surface area (Å²) in [6.07, 6.45) is 3.35. The van der Waals surface area contributed by atoms with Gasteiger partial charge < -0.3 is 9.64 Å². The predicted molar refractivity (Wildman–Crippen MR) is 92.3 cm³/mol. The minimum absolute atomic E-state index is 0.191. The van der Waals surface area contributed by atoms with E-state index in [4.69, 9.17) is 4.74 Å². The van der Waals surface area contributed by atoms with E-state index in [1.807, 2.05) is 39.0 Å². The molecule has 0 heterocycles. The normalized spacial score (nSPS) is 11.7. The Kier molecular flexibility index (Phi) is 7.60. The first-order chi connectivity index (χ1) is 10.4. The van der Waals surface area contributed by atoms with E-state index in [1.54, 1.807) is 0 Å². The van der Waals surface area contributed by atoms with E-state index < -0.39 is 5.41 Å². The highest BCUT2D eigenvalue weighted by Gasteiger charge is 2.23. The first kappa shape index (κ1) is 18.7. The second-order valence-electron chi connectivity index (χ2n) is 6.88. The highest BCUT2D eigenvalue weighted by atomic mass is 16.5. The summed E-state index contributed by atoms with van der Waals surface area (Å²) in [6.45, 7) is 13.4. The van der Waals surface area contributed by atoms with Crippen molar-refractivity contribution in [1.29, 1.82) is 0 Å². The van der Waals surface area contributed by atoms with Gasteiger partial charge in [0, 0.05) is 6.54 Å². The van der Waals surface area contributed by atoms with E-state index in [9.17, 15) is 4.79 Å². The Hall–Kier alpha value is -1.35. The van der Waals surface area contributed by atoms with Crippen LogP contribution in [0.5, 0.6) is 5.75 Å². The van der Waals surface area contributed by atoms with Gasteiger partial charge in [-0.1, -0.05) is 26.0 Å².